The van der Waals surface area contributed by atoms with Crippen molar-refractivity contribution >= 4 is 24.3 Å². The number of methoxy groups -OCH3 is 1. The molecule has 5 nitrogen and oxygen atoms in total. The summed E-state index contributed by atoms with van der Waals surface area (Å²) in [6.07, 6.45) is 3.36. The number of ether oxygens (including phenoxy) is 1. The zero-order valence-electron chi connectivity index (χ0n) is 12.3. The number of rotatable bonds is 2. The topological polar surface area (TPSA) is 58.6 Å². The van der Waals surface area contributed by atoms with Crippen LogP contribution in [0.25, 0.3) is 0 Å². The monoisotopic (exact) mass is 304 g/mol. The number of hydrogen-bond acceptors (Lipinski definition) is 4. The fourth-order valence-corrected chi connectivity index (χ4v) is 3.19. The molecular formula is C14H25ClN2O3. The van der Waals surface area contributed by atoms with Gasteiger partial charge in [0.15, 0.2) is 0 Å². The number of hydrogen-bond donors (Lipinski definition) is 1. The Morgan fingerprint density at radius 3 is 2.60 bits per heavy atom. The van der Waals surface area contributed by atoms with E-state index in [2.05, 4.69) is 12.2 Å². The van der Waals surface area contributed by atoms with Crippen LogP contribution in [0.2, 0.25) is 0 Å². The zero-order valence-corrected chi connectivity index (χ0v) is 13.1. The smallest absolute Gasteiger partial charge is 0.308 e. The average molecular weight is 305 g/mol. The summed E-state index contributed by atoms with van der Waals surface area (Å²) in [7, 11) is 1.42. The maximum absolute atomic E-state index is 12.5. The second-order valence-corrected chi connectivity index (χ2v) is 5.72. The Bertz CT molecular complexity index is 351. The predicted molar refractivity (Wildman–Crippen MR) is 78.8 cm³/mol. The minimum absolute atomic E-state index is 0. The average Bonchev–Trinajstić information content (AvgIpc) is 2.45. The van der Waals surface area contributed by atoms with Crippen LogP contribution in [0.1, 0.15) is 32.6 Å². The van der Waals surface area contributed by atoms with Gasteiger partial charge in [-0.05, 0) is 26.2 Å². The highest BCUT2D eigenvalue weighted by molar-refractivity contribution is 5.85. The van der Waals surface area contributed by atoms with Gasteiger partial charge in [0, 0.05) is 31.6 Å². The molecule has 6 heteroatoms. The van der Waals surface area contributed by atoms with E-state index in [9.17, 15) is 9.59 Å². The molecule has 1 amide bonds. The lowest BCUT2D eigenvalue weighted by molar-refractivity contribution is -0.148. The largest absolute Gasteiger partial charge is 0.469 e. The lowest BCUT2D eigenvalue weighted by atomic mass is 9.80. The molecule has 0 spiro atoms. The van der Waals surface area contributed by atoms with E-state index in [0.29, 0.717) is 12.5 Å². The van der Waals surface area contributed by atoms with Gasteiger partial charge in [-0.3, -0.25) is 9.59 Å². The molecule has 2 fully saturated rings. The Morgan fingerprint density at radius 2 is 1.95 bits per heavy atom. The van der Waals surface area contributed by atoms with Crippen molar-refractivity contribution in [3.8, 4) is 0 Å². The molecule has 1 aliphatic heterocycles. The molecule has 2 unspecified atom stereocenters. The molecular weight excluding hydrogens is 280 g/mol. The summed E-state index contributed by atoms with van der Waals surface area (Å²) >= 11 is 0. The van der Waals surface area contributed by atoms with Crippen molar-refractivity contribution in [1.29, 1.82) is 0 Å². The highest BCUT2D eigenvalue weighted by atomic mass is 35.5. The number of nitrogens with zero attached hydrogens (tertiary/aromatic N) is 1. The molecule has 0 aromatic carbocycles. The van der Waals surface area contributed by atoms with E-state index < -0.39 is 0 Å². The predicted octanol–water partition coefficient (Wildman–Crippen LogP) is 1.21. The number of esters is 1. The number of nitrogens with one attached hydrogen (secondary N) is 1. The molecule has 116 valence electrons. The SMILES string of the molecule is COC(=O)C1CCCC(C(=O)N2CCN[C@H](C)C2)C1.Cl. The van der Waals surface area contributed by atoms with Crippen LogP contribution in [-0.2, 0) is 14.3 Å². The first-order chi connectivity index (χ1) is 9.11. The first-order valence-electron chi connectivity index (χ1n) is 7.21. The van der Waals surface area contributed by atoms with Gasteiger partial charge in [-0.15, -0.1) is 12.4 Å². The van der Waals surface area contributed by atoms with Gasteiger partial charge in [-0.2, -0.15) is 0 Å². The molecule has 0 bridgehead atoms. The van der Waals surface area contributed by atoms with Gasteiger partial charge < -0.3 is 15.0 Å². The molecule has 1 saturated carbocycles. The van der Waals surface area contributed by atoms with Crippen LogP contribution in [-0.4, -0.2) is 49.6 Å². The number of carbonyl (C=O) groups excluding carboxylic acids is 2. The number of piperazine rings is 1. The summed E-state index contributed by atoms with van der Waals surface area (Å²) in [5.41, 5.74) is 0. The Morgan fingerprint density at radius 1 is 1.25 bits per heavy atom. The highest BCUT2D eigenvalue weighted by Crippen LogP contribution is 2.31. The standard InChI is InChI=1S/C14H24N2O3.ClH/c1-10-9-16(7-6-15-10)13(17)11-4-3-5-12(8-11)14(18)19-2;/h10-12,15H,3-9H2,1-2H3;1H/t10-,11?,12?;/m1./s1. The Labute approximate surface area is 126 Å². The molecule has 1 N–H and O–H groups in total. The lowest BCUT2D eigenvalue weighted by Gasteiger charge is -2.36. The Hall–Kier alpha value is -0.810. The quantitative estimate of drug-likeness (QED) is 0.779. The van der Waals surface area contributed by atoms with Crippen molar-refractivity contribution < 1.29 is 14.3 Å². The molecule has 0 aromatic rings. The summed E-state index contributed by atoms with van der Waals surface area (Å²) in [6.45, 7) is 4.51. The zero-order chi connectivity index (χ0) is 13.8. The minimum atomic E-state index is -0.161. The van der Waals surface area contributed by atoms with E-state index in [4.69, 9.17) is 4.74 Å². The van der Waals surface area contributed by atoms with Gasteiger partial charge in [-0.25, -0.2) is 0 Å². The van der Waals surface area contributed by atoms with Gasteiger partial charge in [0.05, 0.1) is 13.0 Å². The maximum atomic E-state index is 12.5. The van der Waals surface area contributed by atoms with Crippen molar-refractivity contribution in [3.63, 3.8) is 0 Å². The summed E-state index contributed by atoms with van der Waals surface area (Å²) in [4.78, 5) is 26.1. The molecule has 1 aliphatic carbocycles. The van der Waals surface area contributed by atoms with Crippen molar-refractivity contribution in [2.45, 2.75) is 38.6 Å². The van der Waals surface area contributed by atoms with E-state index in [0.717, 1.165) is 38.9 Å². The third-order valence-electron chi connectivity index (χ3n) is 4.24. The lowest BCUT2D eigenvalue weighted by Crippen LogP contribution is -2.53. The summed E-state index contributed by atoms with van der Waals surface area (Å²) < 4.78 is 4.81. The van der Waals surface area contributed by atoms with Crippen LogP contribution in [0.5, 0.6) is 0 Å². The van der Waals surface area contributed by atoms with Crippen molar-refractivity contribution in [3.05, 3.63) is 0 Å². The van der Waals surface area contributed by atoms with Crippen LogP contribution in [0.4, 0.5) is 0 Å². The van der Waals surface area contributed by atoms with Gasteiger partial charge in [0.25, 0.3) is 0 Å². The second-order valence-electron chi connectivity index (χ2n) is 5.72. The first kappa shape index (κ1) is 17.2. The van der Waals surface area contributed by atoms with Crippen LogP contribution >= 0.6 is 12.4 Å². The van der Waals surface area contributed by atoms with Gasteiger partial charge in [0.2, 0.25) is 5.91 Å². The Balaban J connectivity index is 0.00000200. The summed E-state index contributed by atoms with van der Waals surface area (Å²) in [5, 5.41) is 3.34. The maximum Gasteiger partial charge on any atom is 0.308 e. The molecule has 2 aliphatic rings. The van der Waals surface area contributed by atoms with Crippen LogP contribution < -0.4 is 5.32 Å². The summed E-state index contributed by atoms with van der Waals surface area (Å²) in [6, 6.07) is 0.359. The highest BCUT2D eigenvalue weighted by Gasteiger charge is 2.34. The molecule has 2 rings (SSSR count). The van der Waals surface area contributed by atoms with E-state index in [1.54, 1.807) is 0 Å². The van der Waals surface area contributed by atoms with E-state index >= 15 is 0 Å². The van der Waals surface area contributed by atoms with Gasteiger partial charge in [0.1, 0.15) is 0 Å². The first-order valence-corrected chi connectivity index (χ1v) is 7.21. The number of carbonyl (C=O) groups is 2. The van der Waals surface area contributed by atoms with Crippen LogP contribution in [0.15, 0.2) is 0 Å². The fraction of sp³-hybridized carbons (Fsp3) is 0.857. The molecule has 0 radical (unpaired) electrons. The van der Waals surface area contributed by atoms with E-state index in [1.165, 1.54) is 7.11 Å². The van der Waals surface area contributed by atoms with Gasteiger partial charge >= 0.3 is 5.97 Å². The molecule has 3 atom stereocenters. The second kappa shape index (κ2) is 7.84. The normalized spacial score (nSPS) is 30.3. The van der Waals surface area contributed by atoms with Crippen molar-refractivity contribution in [2.24, 2.45) is 11.8 Å². The third kappa shape index (κ3) is 4.09. The van der Waals surface area contributed by atoms with Crippen LogP contribution in [0, 0.1) is 11.8 Å². The molecule has 20 heavy (non-hydrogen) atoms. The van der Waals surface area contributed by atoms with E-state index in [1.807, 2.05) is 4.90 Å². The third-order valence-corrected chi connectivity index (χ3v) is 4.24. The molecule has 1 saturated heterocycles. The molecule has 0 aromatic heterocycles. The summed E-state index contributed by atoms with van der Waals surface area (Å²) in [5.74, 6) is -0.0238. The number of amides is 1. The number of halogens is 1. The van der Waals surface area contributed by atoms with E-state index in [-0.39, 0.29) is 36.1 Å². The Kier molecular flexibility index (Phi) is 6.76. The molecule has 1 heterocycles. The van der Waals surface area contributed by atoms with Gasteiger partial charge in [-0.1, -0.05) is 6.42 Å². The van der Waals surface area contributed by atoms with Crippen molar-refractivity contribution in [2.75, 3.05) is 26.7 Å². The van der Waals surface area contributed by atoms with Crippen molar-refractivity contribution in [1.82, 2.24) is 10.2 Å². The minimum Gasteiger partial charge on any atom is -0.469 e. The fourth-order valence-electron chi connectivity index (χ4n) is 3.19. The van der Waals surface area contributed by atoms with Crippen LogP contribution in [0.3, 0.4) is 0 Å².